The van der Waals surface area contributed by atoms with Crippen molar-refractivity contribution in [1.29, 1.82) is 0 Å². The lowest BCUT2D eigenvalue weighted by Crippen LogP contribution is -2.05. The number of nitrogens with zero attached hydrogens (tertiary/aromatic N) is 1. The molecule has 0 atom stereocenters. The first-order valence-electron chi connectivity index (χ1n) is 6.24. The van der Waals surface area contributed by atoms with Crippen molar-refractivity contribution in [3.8, 4) is 0 Å². The Hall–Kier alpha value is -1.98. The van der Waals surface area contributed by atoms with E-state index in [4.69, 9.17) is 5.11 Å². The summed E-state index contributed by atoms with van der Waals surface area (Å²) in [5, 5.41) is 9.19. The Morgan fingerprint density at radius 1 is 1.30 bits per heavy atom. The number of carboxylic acids is 1. The smallest absolute Gasteiger partial charge is 0.416 e. The first-order chi connectivity index (χ1) is 9.32. The fraction of sp³-hybridized carbons (Fsp3) is 0.357. The molecule has 1 aromatic heterocycles. The van der Waals surface area contributed by atoms with Gasteiger partial charge in [-0.3, -0.25) is 4.79 Å². The largest absolute Gasteiger partial charge is 0.481 e. The summed E-state index contributed by atoms with van der Waals surface area (Å²) in [5.74, 6) is -0.922. The van der Waals surface area contributed by atoms with Crippen LogP contribution >= 0.6 is 0 Å². The van der Waals surface area contributed by atoms with Gasteiger partial charge in [0.15, 0.2) is 0 Å². The van der Waals surface area contributed by atoms with Gasteiger partial charge in [0.2, 0.25) is 0 Å². The van der Waals surface area contributed by atoms with E-state index in [9.17, 15) is 18.0 Å². The van der Waals surface area contributed by atoms with Crippen LogP contribution in [0.5, 0.6) is 0 Å². The third-order valence-electron chi connectivity index (χ3n) is 3.23. The molecule has 0 radical (unpaired) electrons. The summed E-state index contributed by atoms with van der Waals surface area (Å²) in [7, 11) is 0. The summed E-state index contributed by atoms with van der Waals surface area (Å²) in [4.78, 5) is 10.6. The molecule has 2 aromatic rings. The number of aliphatic carboxylic acids is 1. The Balaban J connectivity index is 2.47. The second kappa shape index (κ2) is 5.19. The molecule has 20 heavy (non-hydrogen) atoms. The van der Waals surface area contributed by atoms with Gasteiger partial charge in [-0.25, -0.2) is 0 Å². The van der Waals surface area contributed by atoms with Gasteiger partial charge >= 0.3 is 12.1 Å². The Morgan fingerprint density at radius 2 is 2.00 bits per heavy atom. The summed E-state index contributed by atoms with van der Waals surface area (Å²) in [6.07, 6.45) is -4.11. The number of hydrogen-bond acceptors (Lipinski definition) is 1. The molecule has 0 unspecified atom stereocenters. The Morgan fingerprint density at radius 3 is 2.55 bits per heavy atom. The van der Waals surface area contributed by atoms with E-state index < -0.39 is 17.7 Å². The van der Waals surface area contributed by atoms with Gasteiger partial charge in [0.1, 0.15) is 0 Å². The number of hydrogen-bond donors (Lipinski definition) is 1. The van der Waals surface area contributed by atoms with Crippen LogP contribution in [0.3, 0.4) is 0 Å². The van der Waals surface area contributed by atoms with Crippen LogP contribution in [0.1, 0.15) is 24.6 Å². The van der Waals surface area contributed by atoms with Crippen molar-refractivity contribution in [3.63, 3.8) is 0 Å². The van der Waals surface area contributed by atoms with Crippen molar-refractivity contribution in [2.75, 3.05) is 0 Å². The maximum absolute atomic E-state index is 12.7. The van der Waals surface area contributed by atoms with E-state index >= 15 is 0 Å². The first kappa shape index (κ1) is 14.4. The summed E-state index contributed by atoms with van der Waals surface area (Å²) < 4.78 is 39.9. The molecule has 1 heterocycles. The highest BCUT2D eigenvalue weighted by Gasteiger charge is 2.30. The fourth-order valence-electron chi connectivity index (χ4n) is 2.32. The molecule has 1 N–H and O–H groups in total. The molecule has 0 saturated heterocycles. The Kier molecular flexibility index (Phi) is 3.74. The zero-order valence-corrected chi connectivity index (χ0v) is 10.9. The quantitative estimate of drug-likeness (QED) is 0.930. The SMILES string of the molecule is CCn1c(CCC(=O)O)cc2cc(C(F)(F)F)ccc21. The van der Waals surface area contributed by atoms with Crippen LogP contribution in [0.15, 0.2) is 24.3 Å². The summed E-state index contributed by atoms with van der Waals surface area (Å²) in [5.41, 5.74) is 0.744. The second-order valence-corrected chi connectivity index (χ2v) is 4.55. The van der Waals surface area contributed by atoms with Crippen LogP contribution in [0.4, 0.5) is 13.2 Å². The van der Waals surface area contributed by atoms with E-state index in [-0.39, 0.29) is 6.42 Å². The highest BCUT2D eigenvalue weighted by molar-refractivity contribution is 5.82. The van der Waals surface area contributed by atoms with Crippen molar-refractivity contribution in [2.45, 2.75) is 32.5 Å². The molecule has 0 fully saturated rings. The number of carbonyl (C=O) groups is 1. The van der Waals surface area contributed by atoms with Gasteiger partial charge < -0.3 is 9.67 Å². The van der Waals surface area contributed by atoms with Gasteiger partial charge in [0.25, 0.3) is 0 Å². The van der Waals surface area contributed by atoms with Gasteiger partial charge in [-0.05, 0) is 37.6 Å². The fourth-order valence-corrected chi connectivity index (χ4v) is 2.32. The van der Waals surface area contributed by atoms with E-state index in [1.807, 2.05) is 11.5 Å². The van der Waals surface area contributed by atoms with Crippen LogP contribution in [0, 0.1) is 0 Å². The molecule has 0 aliphatic rings. The number of aryl methyl sites for hydroxylation is 2. The average Bonchev–Trinajstić information content (AvgIpc) is 2.71. The summed E-state index contributed by atoms with van der Waals surface area (Å²) >= 11 is 0. The molecule has 3 nitrogen and oxygen atoms in total. The lowest BCUT2D eigenvalue weighted by molar-refractivity contribution is -0.138. The molecule has 0 spiro atoms. The topological polar surface area (TPSA) is 42.2 Å². The molecule has 108 valence electrons. The third-order valence-corrected chi connectivity index (χ3v) is 3.23. The van der Waals surface area contributed by atoms with E-state index in [2.05, 4.69) is 0 Å². The molecule has 2 rings (SSSR count). The van der Waals surface area contributed by atoms with Crippen molar-refractivity contribution >= 4 is 16.9 Å². The molecular weight excluding hydrogens is 271 g/mol. The molecular formula is C14H14F3NO2. The predicted octanol–water partition coefficient (Wildman–Crippen LogP) is 3.70. The monoisotopic (exact) mass is 285 g/mol. The molecule has 0 aliphatic heterocycles. The minimum Gasteiger partial charge on any atom is -0.481 e. The van der Waals surface area contributed by atoms with Crippen molar-refractivity contribution in [1.82, 2.24) is 4.57 Å². The molecule has 0 amide bonds. The zero-order valence-electron chi connectivity index (χ0n) is 10.9. The predicted molar refractivity (Wildman–Crippen MR) is 68.6 cm³/mol. The second-order valence-electron chi connectivity index (χ2n) is 4.55. The van der Waals surface area contributed by atoms with Gasteiger partial charge in [-0.15, -0.1) is 0 Å². The minimum atomic E-state index is -4.37. The Bertz CT molecular complexity index is 644. The van der Waals surface area contributed by atoms with Crippen LogP contribution < -0.4 is 0 Å². The number of aromatic nitrogens is 1. The van der Waals surface area contributed by atoms with E-state index in [0.29, 0.717) is 23.9 Å². The maximum Gasteiger partial charge on any atom is 0.416 e. The normalized spacial score (nSPS) is 12.0. The van der Waals surface area contributed by atoms with Crippen molar-refractivity contribution in [3.05, 3.63) is 35.5 Å². The molecule has 0 saturated carbocycles. The number of alkyl halides is 3. The molecule has 6 heteroatoms. The molecule has 1 aromatic carbocycles. The van der Waals surface area contributed by atoms with Gasteiger partial charge in [-0.1, -0.05) is 0 Å². The lowest BCUT2D eigenvalue weighted by atomic mass is 10.1. The number of benzene rings is 1. The molecule has 0 bridgehead atoms. The number of fused-ring (bicyclic) bond motifs is 1. The minimum absolute atomic E-state index is 0.0392. The van der Waals surface area contributed by atoms with Crippen LogP contribution in [0.2, 0.25) is 0 Å². The first-order valence-corrected chi connectivity index (χ1v) is 6.24. The third kappa shape index (κ3) is 2.79. The highest BCUT2D eigenvalue weighted by Crippen LogP contribution is 2.32. The molecule has 0 aliphatic carbocycles. The maximum atomic E-state index is 12.7. The highest BCUT2D eigenvalue weighted by atomic mass is 19.4. The van der Waals surface area contributed by atoms with Gasteiger partial charge in [-0.2, -0.15) is 13.2 Å². The van der Waals surface area contributed by atoms with E-state index in [1.54, 1.807) is 6.07 Å². The van der Waals surface area contributed by atoms with Crippen LogP contribution in [-0.2, 0) is 23.9 Å². The summed E-state index contributed by atoms with van der Waals surface area (Å²) in [6.45, 7) is 2.46. The van der Waals surface area contributed by atoms with Gasteiger partial charge in [0, 0.05) is 23.1 Å². The Labute approximate surface area is 113 Å². The van der Waals surface area contributed by atoms with Crippen molar-refractivity contribution in [2.24, 2.45) is 0 Å². The number of halogens is 3. The lowest BCUT2D eigenvalue weighted by Gasteiger charge is -2.08. The summed E-state index contributed by atoms with van der Waals surface area (Å²) in [6, 6.07) is 5.23. The number of rotatable bonds is 4. The van der Waals surface area contributed by atoms with Crippen LogP contribution in [0.25, 0.3) is 10.9 Å². The zero-order chi connectivity index (χ0) is 14.9. The average molecular weight is 285 g/mol. The van der Waals surface area contributed by atoms with Gasteiger partial charge in [0.05, 0.1) is 12.0 Å². The van der Waals surface area contributed by atoms with Crippen molar-refractivity contribution < 1.29 is 23.1 Å². The van der Waals surface area contributed by atoms with E-state index in [1.165, 1.54) is 6.07 Å². The van der Waals surface area contributed by atoms with Crippen LogP contribution in [-0.4, -0.2) is 15.6 Å². The number of carboxylic acid groups (broad SMARTS) is 1. The standard InChI is InChI=1S/C14H14F3NO2/c1-2-18-11(4-6-13(19)20)8-9-7-10(14(15,16)17)3-5-12(9)18/h3,5,7-8H,2,4,6H2,1H3,(H,19,20). The van der Waals surface area contributed by atoms with E-state index in [0.717, 1.165) is 17.8 Å².